The number of rotatable bonds is 0. The van der Waals surface area contributed by atoms with Crippen LogP contribution in [0, 0.1) is 7.05 Å². The molecular formula is C8H11N3. The topological polar surface area (TPSA) is 30.2 Å². The summed E-state index contributed by atoms with van der Waals surface area (Å²) in [6.45, 7) is 2.06. The Morgan fingerprint density at radius 1 is 1.55 bits per heavy atom. The molecule has 1 aliphatic rings. The van der Waals surface area contributed by atoms with Crippen molar-refractivity contribution >= 4 is 0 Å². The van der Waals surface area contributed by atoms with Crippen LogP contribution in [0.25, 0.3) is 0 Å². The number of quaternary nitrogens is 1. The van der Waals surface area contributed by atoms with Crippen LogP contribution < -0.4 is 4.90 Å². The van der Waals surface area contributed by atoms with E-state index in [2.05, 4.69) is 17.0 Å². The fraction of sp³-hybridized carbons (Fsp3) is 0.375. The fourth-order valence-electron chi connectivity index (χ4n) is 1.41. The van der Waals surface area contributed by atoms with Crippen molar-refractivity contribution in [1.82, 2.24) is 9.97 Å². The molecule has 1 atom stereocenters. The minimum absolute atomic E-state index is 0.968. The van der Waals surface area contributed by atoms with Gasteiger partial charge in [-0.05, 0) is 0 Å². The molecule has 0 radical (unpaired) electrons. The molecule has 0 bridgehead atoms. The van der Waals surface area contributed by atoms with E-state index < -0.39 is 0 Å². The van der Waals surface area contributed by atoms with E-state index >= 15 is 0 Å². The molecule has 58 valence electrons. The first-order valence-corrected chi connectivity index (χ1v) is 3.80. The van der Waals surface area contributed by atoms with E-state index in [4.69, 9.17) is 0 Å². The molecule has 2 heterocycles. The van der Waals surface area contributed by atoms with Gasteiger partial charge in [0.1, 0.15) is 6.33 Å². The van der Waals surface area contributed by atoms with Crippen LogP contribution in [0.3, 0.4) is 0 Å². The second kappa shape index (κ2) is 2.58. The Labute approximate surface area is 66.1 Å². The van der Waals surface area contributed by atoms with Crippen LogP contribution >= 0.6 is 0 Å². The lowest BCUT2D eigenvalue weighted by Gasteiger charge is -2.26. The lowest BCUT2D eigenvalue weighted by Crippen LogP contribution is -3.06. The quantitative estimate of drug-likeness (QED) is 0.490. The van der Waals surface area contributed by atoms with Crippen LogP contribution in [0.1, 0.15) is 11.3 Å². The molecule has 1 aliphatic heterocycles. The maximum absolute atomic E-state index is 4.20. The van der Waals surface area contributed by atoms with E-state index in [0.717, 1.165) is 19.5 Å². The van der Waals surface area contributed by atoms with E-state index in [0.29, 0.717) is 0 Å². The Hall–Kier alpha value is -0.960. The van der Waals surface area contributed by atoms with Gasteiger partial charge in [0, 0.05) is 18.2 Å². The predicted molar refractivity (Wildman–Crippen MR) is 40.6 cm³/mol. The smallest absolute Gasteiger partial charge is 0.115 e. The Bertz CT molecular complexity index is 259. The highest BCUT2D eigenvalue weighted by atomic mass is 15.1. The summed E-state index contributed by atoms with van der Waals surface area (Å²) in [6, 6.07) is 0. The van der Waals surface area contributed by atoms with Crippen molar-refractivity contribution in [2.75, 3.05) is 6.54 Å². The fourth-order valence-corrected chi connectivity index (χ4v) is 1.41. The molecule has 0 fully saturated rings. The third-order valence-corrected chi connectivity index (χ3v) is 2.04. The average molecular weight is 149 g/mol. The molecule has 1 unspecified atom stereocenters. The average Bonchev–Trinajstić information content (AvgIpc) is 2.04. The van der Waals surface area contributed by atoms with Gasteiger partial charge in [0.15, 0.2) is 0 Å². The van der Waals surface area contributed by atoms with Gasteiger partial charge >= 0.3 is 0 Å². The SMILES string of the molecule is [CH2-][NH+]1CCc2ncncc2C1. The van der Waals surface area contributed by atoms with Gasteiger partial charge in [-0.3, -0.25) is 0 Å². The monoisotopic (exact) mass is 149 g/mol. The number of aromatic nitrogens is 2. The molecular weight excluding hydrogens is 138 g/mol. The van der Waals surface area contributed by atoms with E-state index in [9.17, 15) is 0 Å². The summed E-state index contributed by atoms with van der Waals surface area (Å²) in [5, 5.41) is 0. The molecule has 1 aromatic rings. The van der Waals surface area contributed by atoms with E-state index in [1.165, 1.54) is 16.2 Å². The number of hydrogen-bond donors (Lipinski definition) is 1. The molecule has 1 N–H and O–H groups in total. The lowest BCUT2D eigenvalue weighted by molar-refractivity contribution is -0.870. The third-order valence-electron chi connectivity index (χ3n) is 2.04. The zero-order valence-electron chi connectivity index (χ0n) is 6.38. The molecule has 0 aromatic carbocycles. The maximum Gasteiger partial charge on any atom is 0.115 e. The van der Waals surface area contributed by atoms with Crippen LogP contribution in [-0.4, -0.2) is 16.5 Å². The molecule has 3 nitrogen and oxygen atoms in total. The molecule has 11 heavy (non-hydrogen) atoms. The lowest BCUT2D eigenvalue weighted by atomic mass is 10.1. The number of hydrogen-bond acceptors (Lipinski definition) is 2. The van der Waals surface area contributed by atoms with Gasteiger partial charge in [-0.15, -0.1) is 0 Å². The summed E-state index contributed by atoms with van der Waals surface area (Å²) in [5.41, 5.74) is 2.45. The second-order valence-corrected chi connectivity index (χ2v) is 2.92. The highest BCUT2D eigenvalue weighted by molar-refractivity contribution is 5.15. The highest BCUT2D eigenvalue weighted by Crippen LogP contribution is 2.04. The van der Waals surface area contributed by atoms with Gasteiger partial charge in [-0.1, -0.05) is 0 Å². The summed E-state index contributed by atoms with van der Waals surface area (Å²) in [4.78, 5) is 9.48. The first-order valence-electron chi connectivity index (χ1n) is 3.80. The van der Waals surface area contributed by atoms with E-state index in [1.54, 1.807) is 6.33 Å². The van der Waals surface area contributed by atoms with E-state index in [-0.39, 0.29) is 0 Å². The van der Waals surface area contributed by atoms with Crippen molar-refractivity contribution in [3.05, 3.63) is 30.8 Å². The standard InChI is InChI=1S/C8H11N3/c1-11-3-2-8-7(5-11)4-9-6-10-8/h4,6,11H,1-3,5H2. The van der Waals surface area contributed by atoms with Gasteiger partial charge in [0.2, 0.25) is 0 Å². The summed E-state index contributed by atoms with van der Waals surface area (Å²) in [6.07, 6.45) is 4.55. The van der Waals surface area contributed by atoms with Crippen LogP contribution in [0.2, 0.25) is 0 Å². The summed E-state index contributed by atoms with van der Waals surface area (Å²) in [7, 11) is 3.96. The molecule has 3 heteroatoms. The third kappa shape index (κ3) is 1.24. The Morgan fingerprint density at radius 3 is 3.36 bits per heavy atom. The van der Waals surface area contributed by atoms with Gasteiger partial charge in [-0.2, -0.15) is 7.05 Å². The highest BCUT2D eigenvalue weighted by Gasteiger charge is 2.13. The molecule has 0 saturated carbocycles. The number of nitrogens with zero attached hydrogens (tertiary/aromatic N) is 2. The van der Waals surface area contributed by atoms with Crippen molar-refractivity contribution in [3.8, 4) is 0 Å². The van der Waals surface area contributed by atoms with Crippen molar-refractivity contribution in [3.63, 3.8) is 0 Å². The van der Waals surface area contributed by atoms with Gasteiger partial charge < -0.3 is 4.90 Å². The van der Waals surface area contributed by atoms with Crippen molar-refractivity contribution in [2.45, 2.75) is 13.0 Å². The van der Waals surface area contributed by atoms with Crippen LogP contribution in [0.4, 0.5) is 0 Å². The summed E-state index contributed by atoms with van der Waals surface area (Å²) >= 11 is 0. The zero-order chi connectivity index (χ0) is 7.68. The Morgan fingerprint density at radius 2 is 2.45 bits per heavy atom. The number of fused-ring (bicyclic) bond motifs is 1. The first kappa shape index (κ1) is 6.73. The normalized spacial score (nSPS) is 22.8. The van der Waals surface area contributed by atoms with Gasteiger partial charge in [0.05, 0.1) is 18.8 Å². The van der Waals surface area contributed by atoms with E-state index in [1.807, 2.05) is 6.20 Å². The van der Waals surface area contributed by atoms with Crippen LogP contribution in [-0.2, 0) is 13.0 Å². The molecule has 0 aliphatic carbocycles. The molecule has 2 rings (SSSR count). The summed E-state index contributed by atoms with van der Waals surface area (Å²) < 4.78 is 0. The van der Waals surface area contributed by atoms with Gasteiger partial charge in [-0.25, -0.2) is 9.97 Å². The van der Waals surface area contributed by atoms with Crippen molar-refractivity contribution < 1.29 is 4.90 Å². The molecule has 0 amide bonds. The van der Waals surface area contributed by atoms with Crippen molar-refractivity contribution in [2.24, 2.45) is 0 Å². The predicted octanol–water partition coefficient (Wildman–Crippen LogP) is -0.791. The Kier molecular flexibility index (Phi) is 1.58. The van der Waals surface area contributed by atoms with Gasteiger partial charge in [0.25, 0.3) is 0 Å². The molecule has 1 aromatic heterocycles. The Balaban J connectivity index is 2.34. The minimum Gasteiger partial charge on any atom is -0.464 e. The second-order valence-electron chi connectivity index (χ2n) is 2.92. The maximum atomic E-state index is 4.20. The number of nitrogens with one attached hydrogen (secondary N) is 1. The van der Waals surface area contributed by atoms with Crippen LogP contribution in [0.15, 0.2) is 12.5 Å². The minimum atomic E-state index is 0.968. The van der Waals surface area contributed by atoms with Crippen LogP contribution in [0.5, 0.6) is 0 Å². The summed E-state index contributed by atoms with van der Waals surface area (Å²) in [5.74, 6) is 0. The first-order chi connectivity index (χ1) is 5.36. The molecule has 0 spiro atoms. The largest absolute Gasteiger partial charge is 0.464 e. The van der Waals surface area contributed by atoms with Crippen molar-refractivity contribution in [1.29, 1.82) is 0 Å². The zero-order valence-corrected chi connectivity index (χ0v) is 6.38. The molecule has 0 saturated heterocycles.